The third-order valence-corrected chi connectivity index (χ3v) is 1.36. The van der Waals surface area contributed by atoms with Crippen molar-refractivity contribution < 1.29 is 9.68 Å². The van der Waals surface area contributed by atoms with Crippen molar-refractivity contribution in [2.45, 2.75) is 25.6 Å². The van der Waals surface area contributed by atoms with Crippen LogP contribution in [0.3, 0.4) is 0 Å². The zero-order valence-corrected chi connectivity index (χ0v) is 5.13. The summed E-state index contributed by atoms with van der Waals surface area (Å²) in [5.41, 5.74) is 0. The van der Waals surface area contributed by atoms with E-state index < -0.39 is 7.12 Å². The van der Waals surface area contributed by atoms with Gasteiger partial charge in [0.05, 0.1) is 0 Å². The van der Waals surface area contributed by atoms with Crippen LogP contribution in [0.1, 0.15) is 19.8 Å². The van der Waals surface area contributed by atoms with E-state index in [1.165, 1.54) is 0 Å². The maximum Gasteiger partial charge on any atom is 0.457 e. The fraction of sp³-hybridized carbons (Fsp3) is 1.00. The topological polar surface area (TPSA) is 29.5 Å². The molecule has 0 heterocycles. The van der Waals surface area contributed by atoms with Gasteiger partial charge in [0.15, 0.2) is 0 Å². The molecule has 3 heteroatoms. The molecule has 0 aromatic rings. The summed E-state index contributed by atoms with van der Waals surface area (Å²) in [6, 6.07) is 0. The fourth-order valence-electron chi connectivity index (χ4n) is 0.688. The summed E-state index contributed by atoms with van der Waals surface area (Å²) in [6.45, 7) is 2.52. The molecular weight excluding hydrogens is 103 g/mol. The molecule has 0 aromatic heterocycles. The van der Waals surface area contributed by atoms with E-state index in [9.17, 15) is 0 Å². The highest BCUT2D eigenvalue weighted by Gasteiger charge is 2.35. The minimum absolute atomic E-state index is 0.454. The van der Waals surface area contributed by atoms with Crippen molar-refractivity contribution in [2.24, 2.45) is 0 Å². The molecule has 1 saturated carbocycles. The van der Waals surface area contributed by atoms with Gasteiger partial charge in [-0.3, -0.25) is 0 Å². The Morgan fingerprint density at radius 1 is 1.75 bits per heavy atom. The van der Waals surface area contributed by atoms with Crippen LogP contribution in [0.2, 0.25) is 5.82 Å². The van der Waals surface area contributed by atoms with Gasteiger partial charge in [-0.25, -0.2) is 0 Å². The van der Waals surface area contributed by atoms with Gasteiger partial charge in [-0.05, 0) is 12.7 Å². The molecule has 0 radical (unpaired) electrons. The summed E-state index contributed by atoms with van der Waals surface area (Å²) in [6.07, 6.45) is 2.28. The van der Waals surface area contributed by atoms with Crippen molar-refractivity contribution >= 4 is 7.12 Å². The molecule has 0 spiro atoms. The maximum absolute atomic E-state index is 8.97. The third kappa shape index (κ3) is 1.49. The van der Waals surface area contributed by atoms with Crippen molar-refractivity contribution in [1.29, 1.82) is 0 Å². The van der Waals surface area contributed by atoms with Crippen LogP contribution >= 0.6 is 0 Å². The predicted octanol–water partition coefficient (Wildman–Crippen LogP) is 0.667. The summed E-state index contributed by atoms with van der Waals surface area (Å²) < 4.78 is 4.92. The van der Waals surface area contributed by atoms with Crippen LogP contribution in [0.15, 0.2) is 0 Å². The SMILES string of the molecule is CCOB(O)C1CC1. The lowest BCUT2D eigenvalue weighted by molar-refractivity contribution is 0.273. The fourth-order valence-corrected chi connectivity index (χ4v) is 0.688. The van der Waals surface area contributed by atoms with E-state index in [0.29, 0.717) is 12.4 Å². The van der Waals surface area contributed by atoms with Gasteiger partial charge in [-0.1, -0.05) is 12.8 Å². The molecule has 0 aromatic carbocycles. The summed E-state index contributed by atoms with van der Waals surface area (Å²) in [7, 11) is -0.472. The van der Waals surface area contributed by atoms with Crippen molar-refractivity contribution in [2.75, 3.05) is 6.61 Å². The molecule has 0 amide bonds. The maximum atomic E-state index is 8.97. The lowest BCUT2D eigenvalue weighted by atomic mass is 9.83. The van der Waals surface area contributed by atoms with Crippen molar-refractivity contribution in [3.63, 3.8) is 0 Å². The molecule has 0 bridgehead atoms. The summed E-state index contributed by atoms with van der Waals surface area (Å²) in [5, 5.41) is 8.97. The molecule has 1 fully saturated rings. The van der Waals surface area contributed by atoms with E-state index >= 15 is 0 Å². The van der Waals surface area contributed by atoms with Crippen molar-refractivity contribution in [3.8, 4) is 0 Å². The first-order valence-electron chi connectivity index (χ1n) is 3.14. The Labute approximate surface area is 50.0 Å². The van der Waals surface area contributed by atoms with Gasteiger partial charge >= 0.3 is 7.12 Å². The van der Waals surface area contributed by atoms with E-state index in [0.717, 1.165) is 12.8 Å². The monoisotopic (exact) mass is 114 g/mol. The highest BCUT2D eigenvalue weighted by Crippen LogP contribution is 2.38. The highest BCUT2D eigenvalue weighted by molar-refractivity contribution is 6.45. The largest absolute Gasteiger partial charge is 0.457 e. The Bertz CT molecular complexity index is 72.8. The molecule has 2 nitrogen and oxygen atoms in total. The standard InChI is InChI=1S/C5H11BO2/c1-2-8-6(7)5-3-4-5/h5,7H,2-4H2,1H3. The van der Waals surface area contributed by atoms with Gasteiger partial charge in [0.25, 0.3) is 0 Å². The summed E-state index contributed by atoms with van der Waals surface area (Å²) in [4.78, 5) is 0. The molecule has 0 atom stereocenters. The molecular formula is C5H11BO2. The van der Waals surface area contributed by atoms with Crippen molar-refractivity contribution in [1.82, 2.24) is 0 Å². The second-order valence-electron chi connectivity index (χ2n) is 2.18. The van der Waals surface area contributed by atoms with Gasteiger partial charge in [-0.2, -0.15) is 0 Å². The van der Waals surface area contributed by atoms with Crippen LogP contribution < -0.4 is 0 Å². The first-order chi connectivity index (χ1) is 3.84. The molecule has 1 rings (SSSR count). The van der Waals surface area contributed by atoms with Gasteiger partial charge in [0, 0.05) is 6.61 Å². The molecule has 0 saturated heterocycles. The van der Waals surface area contributed by atoms with E-state index in [-0.39, 0.29) is 0 Å². The van der Waals surface area contributed by atoms with Crippen LogP contribution in [0.4, 0.5) is 0 Å². The van der Waals surface area contributed by atoms with Gasteiger partial charge in [0.2, 0.25) is 0 Å². The Morgan fingerprint density at radius 2 is 2.38 bits per heavy atom. The van der Waals surface area contributed by atoms with Crippen molar-refractivity contribution in [3.05, 3.63) is 0 Å². The molecule has 0 aliphatic heterocycles. The van der Waals surface area contributed by atoms with Crippen LogP contribution in [-0.4, -0.2) is 18.7 Å². The average molecular weight is 114 g/mol. The Kier molecular flexibility index (Phi) is 1.92. The van der Waals surface area contributed by atoms with Gasteiger partial charge in [-0.15, -0.1) is 0 Å². The Balaban J connectivity index is 2.03. The van der Waals surface area contributed by atoms with E-state index in [1.54, 1.807) is 0 Å². The van der Waals surface area contributed by atoms with E-state index in [4.69, 9.17) is 9.68 Å². The predicted molar refractivity (Wildman–Crippen MR) is 32.6 cm³/mol. The van der Waals surface area contributed by atoms with E-state index in [1.807, 2.05) is 6.92 Å². The molecule has 0 unspecified atom stereocenters. The summed E-state index contributed by atoms with van der Waals surface area (Å²) >= 11 is 0. The van der Waals surface area contributed by atoms with Crippen LogP contribution in [0.25, 0.3) is 0 Å². The summed E-state index contributed by atoms with van der Waals surface area (Å²) in [5.74, 6) is 0.454. The third-order valence-electron chi connectivity index (χ3n) is 1.36. The Morgan fingerprint density at radius 3 is 2.75 bits per heavy atom. The molecule has 1 aliphatic carbocycles. The molecule has 46 valence electrons. The quantitative estimate of drug-likeness (QED) is 0.546. The van der Waals surface area contributed by atoms with Crippen LogP contribution in [-0.2, 0) is 4.65 Å². The first-order valence-corrected chi connectivity index (χ1v) is 3.14. The lowest BCUT2D eigenvalue weighted by Gasteiger charge is -2.00. The minimum atomic E-state index is -0.472. The number of hydrogen-bond acceptors (Lipinski definition) is 2. The molecule has 1 aliphatic rings. The number of rotatable bonds is 3. The lowest BCUT2D eigenvalue weighted by Crippen LogP contribution is -2.17. The smallest absolute Gasteiger partial charge is 0.427 e. The normalized spacial score (nSPS) is 18.8. The number of hydrogen-bond donors (Lipinski definition) is 1. The van der Waals surface area contributed by atoms with E-state index in [2.05, 4.69) is 0 Å². The zero-order chi connectivity index (χ0) is 5.98. The van der Waals surface area contributed by atoms with Gasteiger partial charge < -0.3 is 9.68 Å². The minimum Gasteiger partial charge on any atom is -0.427 e. The second-order valence-corrected chi connectivity index (χ2v) is 2.18. The Hall–Kier alpha value is -0.0151. The zero-order valence-electron chi connectivity index (χ0n) is 5.13. The van der Waals surface area contributed by atoms with Crippen LogP contribution in [0.5, 0.6) is 0 Å². The molecule has 1 N–H and O–H groups in total. The molecule has 8 heavy (non-hydrogen) atoms. The first kappa shape index (κ1) is 6.11. The average Bonchev–Trinajstić information content (AvgIpc) is 2.45. The van der Waals surface area contributed by atoms with Gasteiger partial charge in [0.1, 0.15) is 0 Å². The van der Waals surface area contributed by atoms with Crippen LogP contribution in [0, 0.1) is 0 Å². The second kappa shape index (κ2) is 2.51. The highest BCUT2D eigenvalue weighted by atomic mass is 16.5.